The van der Waals surface area contributed by atoms with Crippen LogP contribution in [-0.4, -0.2) is 28.0 Å². The number of benzene rings is 1. The quantitative estimate of drug-likeness (QED) is 0.390. The van der Waals surface area contributed by atoms with Crippen LogP contribution in [0.15, 0.2) is 65.0 Å². The molecule has 0 fully saturated rings. The van der Waals surface area contributed by atoms with E-state index >= 15 is 0 Å². The molecule has 0 saturated carbocycles. The fourth-order valence-electron chi connectivity index (χ4n) is 3.64. The number of ether oxygens (including phenoxy) is 1. The number of carbonyl (C=O) groups excluding carboxylic acids is 1. The normalized spacial score (nSPS) is 10.9. The van der Waals surface area contributed by atoms with Gasteiger partial charge in [-0.2, -0.15) is 0 Å². The number of carbonyl (C=O) groups is 1. The van der Waals surface area contributed by atoms with E-state index in [-0.39, 0.29) is 23.8 Å². The Hall–Kier alpha value is -3.78. The predicted octanol–water partition coefficient (Wildman–Crippen LogP) is 4.55. The van der Waals surface area contributed by atoms with Crippen LogP contribution < -0.4 is 15.6 Å². The van der Waals surface area contributed by atoms with Gasteiger partial charge in [-0.05, 0) is 47.4 Å². The second-order valence-electron chi connectivity index (χ2n) is 8.18. The summed E-state index contributed by atoms with van der Waals surface area (Å²) in [5.74, 6) is 0.715. The largest absolute Gasteiger partial charge is 0.497 e. The molecule has 8 heteroatoms. The minimum atomic E-state index is -0.210. The van der Waals surface area contributed by atoms with Crippen LogP contribution in [0.5, 0.6) is 5.75 Å². The van der Waals surface area contributed by atoms with Crippen molar-refractivity contribution >= 4 is 17.2 Å². The molecule has 3 aromatic heterocycles. The Morgan fingerprint density at radius 3 is 2.56 bits per heavy atom. The molecule has 0 unspecified atom stereocenters. The molecule has 0 aliphatic carbocycles. The number of pyridine rings is 2. The minimum Gasteiger partial charge on any atom is -0.497 e. The SMILES string of the molecule is COc1ccc(CNC(=O)Cc2cc(-c3csc(-c4ccncc4)n3)c(=O)[nH]c2C(C)C)cc1. The molecule has 2 N–H and O–H groups in total. The van der Waals surface area contributed by atoms with E-state index in [1.165, 1.54) is 11.3 Å². The third-order valence-corrected chi connectivity index (χ3v) is 6.33. The fourth-order valence-corrected chi connectivity index (χ4v) is 4.47. The number of nitrogens with one attached hydrogen (secondary N) is 2. The number of hydrogen-bond donors (Lipinski definition) is 2. The maximum Gasteiger partial charge on any atom is 0.257 e. The van der Waals surface area contributed by atoms with E-state index < -0.39 is 0 Å². The molecule has 34 heavy (non-hydrogen) atoms. The first-order valence-corrected chi connectivity index (χ1v) is 11.8. The van der Waals surface area contributed by atoms with E-state index in [0.717, 1.165) is 33.1 Å². The Morgan fingerprint density at radius 2 is 1.88 bits per heavy atom. The Bertz CT molecular complexity index is 1330. The van der Waals surface area contributed by atoms with E-state index in [0.29, 0.717) is 17.8 Å². The van der Waals surface area contributed by atoms with Gasteiger partial charge in [-0.15, -0.1) is 11.3 Å². The van der Waals surface area contributed by atoms with Crippen LogP contribution in [0.3, 0.4) is 0 Å². The smallest absolute Gasteiger partial charge is 0.257 e. The summed E-state index contributed by atoms with van der Waals surface area (Å²) in [7, 11) is 1.62. The lowest BCUT2D eigenvalue weighted by molar-refractivity contribution is -0.120. The van der Waals surface area contributed by atoms with Gasteiger partial charge in [0.05, 0.1) is 24.8 Å². The molecule has 0 atom stereocenters. The highest BCUT2D eigenvalue weighted by atomic mass is 32.1. The average molecular weight is 475 g/mol. The summed E-state index contributed by atoms with van der Waals surface area (Å²) in [6.07, 6.45) is 3.58. The van der Waals surface area contributed by atoms with Gasteiger partial charge in [0.1, 0.15) is 10.8 Å². The van der Waals surface area contributed by atoms with Gasteiger partial charge in [-0.25, -0.2) is 4.98 Å². The van der Waals surface area contributed by atoms with Crippen molar-refractivity contribution in [3.05, 3.63) is 87.4 Å². The number of H-pyrrole nitrogens is 1. The summed E-state index contributed by atoms with van der Waals surface area (Å²) in [5.41, 5.74) is 4.31. The molecule has 0 bridgehead atoms. The van der Waals surface area contributed by atoms with Crippen molar-refractivity contribution < 1.29 is 9.53 Å². The first-order chi connectivity index (χ1) is 16.4. The molecule has 0 aliphatic heterocycles. The number of hydrogen-bond acceptors (Lipinski definition) is 6. The van der Waals surface area contributed by atoms with Gasteiger partial charge in [0, 0.05) is 35.6 Å². The van der Waals surface area contributed by atoms with Gasteiger partial charge in [0.2, 0.25) is 5.91 Å². The van der Waals surface area contributed by atoms with Gasteiger partial charge < -0.3 is 15.0 Å². The maximum absolute atomic E-state index is 12.9. The van der Waals surface area contributed by atoms with Crippen LogP contribution in [0, 0.1) is 0 Å². The van der Waals surface area contributed by atoms with Crippen LogP contribution in [0.25, 0.3) is 21.8 Å². The number of thiazole rings is 1. The molecular formula is C26H26N4O3S. The molecule has 0 aliphatic rings. The Kier molecular flexibility index (Phi) is 7.18. The van der Waals surface area contributed by atoms with Crippen molar-refractivity contribution in [3.8, 4) is 27.6 Å². The zero-order valence-electron chi connectivity index (χ0n) is 19.3. The summed E-state index contributed by atoms with van der Waals surface area (Å²) in [6.45, 7) is 4.40. The number of aromatic amines is 1. The van der Waals surface area contributed by atoms with Gasteiger partial charge in [-0.3, -0.25) is 14.6 Å². The van der Waals surface area contributed by atoms with E-state index in [4.69, 9.17) is 4.74 Å². The third kappa shape index (κ3) is 5.40. The molecule has 7 nitrogen and oxygen atoms in total. The minimum absolute atomic E-state index is 0.0638. The summed E-state index contributed by atoms with van der Waals surface area (Å²) < 4.78 is 5.17. The van der Waals surface area contributed by atoms with E-state index in [9.17, 15) is 9.59 Å². The van der Waals surface area contributed by atoms with Crippen molar-refractivity contribution in [2.24, 2.45) is 0 Å². The summed E-state index contributed by atoms with van der Waals surface area (Å²) in [5, 5.41) is 5.63. The van der Waals surface area contributed by atoms with Crippen LogP contribution >= 0.6 is 11.3 Å². The zero-order chi connectivity index (χ0) is 24.1. The predicted molar refractivity (Wildman–Crippen MR) is 134 cm³/mol. The molecular weight excluding hydrogens is 448 g/mol. The van der Waals surface area contributed by atoms with Crippen LogP contribution in [0.1, 0.15) is 36.6 Å². The van der Waals surface area contributed by atoms with Crippen molar-refractivity contribution in [1.29, 1.82) is 0 Å². The lowest BCUT2D eigenvalue weighted by Gasteiger charge is -2.14. The maximum atomic E-state index is 12.9. The van der Waals surface area contributed by atoms with Gasteiger partial charge in [-0.1, -0.05) is 26.0 Å². The zero-order valence-corrected chi connectivity index (χ0v) is 20.1. The van der Waals surface area contributed by atoms with Crippen molar-refractivity contribution in [1.82, 2.24) is 20.3 Å². The highest BCUT2D eigenvalue weighted by Crippen LogP contribution is 2.28. The molecule has 1 aromatic carbocycles. The molecule has 0 radical (unpaired) electrons. The standard InChI is InChI=1S/C26H26N4O3S/c1-16(2)24-19(13-23(31)28-14-17-4-6-20(33-3)7-5-17)12-21(25(32)30-24)22-15-34-26(29-22)18-8-10-27-11-9-18/h4-12,15-16H,13-14H2,1-3H3,(H,28,31)(H,30,32). The molecule has 0 saturated heterocycles. The molecule has 174 valence electrons. The second-order valence-corrected chi connectivity index (χ2v) is 9.04. The number of amides is 1. The number of nitrogens with zero attached hydrogens (tertiary/aromatic N) is 2. The van der Waals surface area contributed by atoms with E-state index in [2.05, 4.69) is 20.3 Å². The number of rotatable bonds is 8. The van der Waals surface area contributed by atoms with Gasteiger partial charge in [0.15, 0.2) is 0 Å². The lowest BCUT2D eigenvalue weighted by Crippen LogP contribution is -2.26. The first-order valence-electron chi connectivity index (χ1n) is 11.0. The first kappa shape index (κ1) is 23.4. The molecule has 3 heterocycles. The topological polar surface area (TPSA) is 97.0 Å². The lowest BCUT2D eigenvalue weighted by atomic mass is 9.98. The van der Waals surface area contributed by atoms with E-state index in [1.807, 2.05) is 55.6 Å². The Labute approximate surface area is 201 Å². The summed E-state index contributed by atoms with van der Waals surface area (Å²) in [6, 6.07) is 13.1. The fraction of sp³-hybridized carbons (Fsp3) is 0.231. The molecule has 1 amide bonds. The van der Waals surface area contributed by atoms with Crippen molar-refractivity contribution in [3.63, 3.8) is 0 Å². The number of methoxy groups -OCH3 is 1. The highest BCUT2D eigenvalue weighted by molar-refractivity contribution is 7.13. The van der Waals surface area contributed by atoms with Gasteiger partial charge >= 0.3 is 0 Å². The average Bonchev–Trinajstić information content (AvgIpc) is 3.34. The Balaban J connectivity index is 1.55. The molecule has 0 spiro atoms. The van der Waals surface area contributed by atoms with Crippen LogP contribution in [0.4, 0.5) is 0 Å². The monoisotopic (exact) mass is 474 g/mol. The van der Waals surface area contributed by atoms with Gasteiger partial charge in [0.25, 0.3) is 5.56 Å². The van der Waals surface area contributed by atoms with Crippen LogP contribution in [0.2, 0.25) is 0 Å². The summed E-state index contributed by atoms with van der Waals surface area (Å²) in [4.78, 5) is 37.3. The van der Waals surface area contributed by atoms with E-state index in [1.54, 1.807) is 25.6 Å². The van der Waals surface area contributed by atoms with Crippen LogP contribution in [-0.2, 0) is 17.8 Å². The molecule has 4 rings (SSSR count). The van der Waals surface area contributed by atoms with Crippen molar-refractivity contribution in [2.75, 3.05) is 7.11 Å². The second kappa shape index (κ2) is 10.4. The van der Waals surface area contributed by atoms with Crippen molar-refractivity contribution in [2.45, 2.75) is 32.7 Å². The highest BCUT2D eigenvalue weighted by Gasteiger charge is 2.17. The molecule has 4 aromatic rings. The number of aromatic nitrogens is 3. The Morgan fingerprint density at radius 1 is 1.15 bits per heavy atom. The third-order valence-electron chi connectivity index (χ3n) is 5.44. The summed E-state index contributed by atoms with van der Waals surface area (Å²) >= 11 is 1.46.